The predicted molar refractivity (Wildman–Crippen MR) is 54.6 cm³/mol. The van der Waals surface area contributed by atoms with Crippen LogP contribution in [0, 0.1) is 6.92 Å². The lowest BCUT2D eigenvalue weighted by atomic mass is 10.1. The number of rotatable bonds is 1. The van der Waals surface area contributed by atoms with Crippen molar-refractivity contribution in [1.29, 1.82) is 0 Å². The maximum atomic E-state index is 2.27. The Bertz CT molecular complexity index is 437. The minimum atomic E-state index is 0. The number of aryl methyl sites for hydroxylation is 2. The van der Waals surface area contributed by atoms with Crippen LogP contribution in [-0.2, 0) is 6.54 Å². The van der Waals surface area contributed by atoms with E-state index in [9.17, 15) is 0 Å². The number of aromatic nitrogens is 1. The summed E-state index contributed by atoms with van der Waals surface area (Å²) >= 11 is 0. The molecule has 0 atom stereocenters. The molecule has 2 heteroatoms. The third-order valence-electron chi connectivity index (χ3n) is 2.48. The SMILES string of the molecule is CC[n+]1ccc(C)c2ccccc21.[I-]. The molecular weight excluding hydrogens is 285 g/mol. The second-order valence-electron chi connectivity index (χ2n) is 3.30. The van der Waals surface area contributed by atoms with Crippen LogP contribution >= 0.6 is 0 Å². The Morgan fingerprint density at radius 3 is 2.57 bits per heavy atom. The molecule has 0 bridgehead atoms. The van der Waals surface area contributed by atoms with Gasteiger partial charge in [-0.3, -0.25) is 0 Å². The zero-order valence-electron chi connectivity index (χ0n) is 8.50. The summed E-state index contributed by atoms with van der Waals surface area (Å²) in [6.07, 6.45) is 2.15. The molecule has 0 N–H and O–H groups in total. The second kappa shape index (κ2) is 4.73. The van der Waals surface area contributed by atoms with Crippen LogP contribution < -0.4 is 28.5 Å². The Morgan fingerprint density at radius 1 is 1.14 bits per heavy atom. The third kappa shape index (κ3) is 1.90. The molecule has 0 spiro atoms. The summed E-state index contributed by atoms with van der Waals surface area (Å²) in [6.45, 7) is 5.35. The van der Waals surface area contributed by atoms with E-state index in [1.165, 1.54) is 16.5 Å². The molecule has 74 valence electrons. The van der Waals surface area contributed by atoms with Crippen LogP contribution in [0.5, 0.6) is 0 Å². The molecule has 14 heavy (non-hydrogen) atoms. The Hall–Kier alpha value is -0.640. The first-order valence-electron chi connectivity index (χ1n) is 4.70. The van der Waals surface area contributed by atoms with E-state index in [2.05, 4.69) is 54.9 Å². The van der Waals surface area contributed by atoms with E-state index in [1.807, 2.05) is 0 Å². The summed E-state index contributed by atoms with van der Waals surface area (Å²) in [5, 5.41) is 1.35. The lowest BCUT2D eigenvalue weighted by molar-refractivity contribution is -0.667. The number of fused-ring (bicyclic) bond motifs is 1. The van der Waals surface area contributed by atoms with Crippen LogP contribution in [0.2, 0.25) is 0 Å². The predicted octanol–water partition coefficient (Wildman–Crippen LogP) is -0.540. The highest BCUT2D eigenvalue weighted by atomic mass is 127. The van der Waals surface area contributed by atoms with Crippen molar-refractivity contribution < 1.29 is 28.5 Å². The Kier molecular flexibility index (Phi) is 3.86. The van der Waals surface area contributed by atoms with Gasteiger partial charge in [0.05, 0.1) is 0 Å². The molecule has 0 aliphatic heterocycles. The summed E-state index contributed by atoms with van der Waals surface area (Å²) in [7, 11) is 0. The van der Waals surface area contributed by atoms with Crippen molar-refractivity contribution >= 4 is 10.9 Å². The average Bonchev–Trinajstić information content (AvgIpc) is 2.19. The van der Waals surface area contributed by atoms with Crippen LogP contribution in [0.1, 0.15) is 12.5 Å². The largest absolute Gasteiger partial charge is 1.00 e. The van der Waals surface area contributed by atoms with Gasteiger partial charge in [0.25, 0.3) is 0 Å². The number of para-hydroxylation sites is 1. The third-order valence-corrected chi connectivity index (χ3v) is 2.48. The first-order chi connectivity index (χ1) is 6.33. The molecule has 2 aromatic rings. The van der Waals surface area contributed by atoms with Gasteiger partial charge in [-0.15, -0.1) is 0 Å². The van der Waals surface area contributed by atoms with Gasteiger partial charge in [0.1, 0.15) is 6.54 Å². The normalized spacial score (nSPS) is 9.86. The fourth-order valence-corrected chi connectivity index (χ4v) is 1.71. The van der Waals surface area contributed by atoms with Crippen LogP contribution in [0.25, 0.3) is 10.9 Å². The molecule has 1 aromatic carbocycles. The number of halogens is 1. The number of pyridine rings is 1. The smallest absolute Gasteiger partial charge is 0.212 e. The lowest BCUT2D eigenvalue weighted by Gasteiger charge is -2.00. The van der Waals surface area contributed by atoms with E-state index in [1.54, 1.807) is 0 Å². The van der Waals surface area contributed by atoms with E-state index in [-0.39, 0.29) is 24.0 Å². The van der Waals surface area contributed by atoms with E-state index < -0.39 is 0 Å². The van der Waals surface area contributed by atoms with Crippen molar-refractivity contribution in [2.24, 2.45) is 0 Å². The maximum absolute atomic E-state index is 2.27. The molecule has 0 radical (unpaired) electrons. The summed E-state index contributed by atoms with van der Waals surface area (Å²) < 4.78 is 2.27. The van der Waals surface area contributed by atoms with E-state index >= 15 is 0 Å². The van der Waals surface area contributed by atoms with Crippen LogP contribution in [0.15, 0.2) is 36.5 Å². The monoisotopic (exact) mass is 299 g/mol. The molecule has 0 amide bonds. The van der Waals surface area contributed by atoms with Gasteiger partial charge in [0.2, 0.25) is 5.52 Å². The second-order valence-corrected chi connectivity index (χ2v) is 3.30. The molecule has 0 fully saturated rings. The molecule has 1 aromatic heterocycles. The average molecular weight is 299 g/mol. The molecular formula is C12H14IN. The van der Waals surface area contributed by atoms with Gasteiger partial charge in [0, 0.05) is 17.5 Å². The van der Waals surface area contributed by atoms with E-state index in [0.29, 0.717) is 0 Å². The van der Waals surface area contributed by atoms with Gasteiger partial charge in [-0.1, -0.05) is 12.1 Å². The molecule has 1 nitrogen and oxygen atoms in total. The number of nitrogens with zero attached hydrogens (tertiary/aromatic N) is 1. The Morgan fingerprint density at radius 2 is 1.86 bits per heavy atom. The fraction of sp³-hybridized carbons (Fsp3) is 0.250. The van der Waals surface area contributed by atoms with Gasteiger partial charge in [-0.05, 0) is 25.5 Å². The number of benzene rings is 1. The molecule has 0 aliphatic carbocycles. The van der Waals surface area contributed by atoms with Gasteiger partial charge in [-0.2, -0.15) is 4.57 Å². The minimum absolute atomic E-state index is 0. The lowest BCUT2D eigenvalue weighted by Crippen LogP contribution is -3.00. The van der Waals surface area contributed by atoms with Crippen molar-refractivity contribution in [2.75, 3.05) is 0 Å². The van der Waals surface area contributed by atoms with E-state index in [4.69, 9.17) is 0 Å². The molecule has 0 saturated carbocycles. The summed E-state index contributed by atoms with van der Waals surface area (Å²) in [5.74, 6) is 0. The Labute approximate surface area is 102 Å². The highest BCUT2D eigenvalue weighted by molar-refractivity contribution is 5.78. The van der Waals surface area contributed by atoms with Crippen LogP contribution in [0.4, 0.5) is 0 Å². The minimum Gasteiger partial charge on any atom is -1.00 e. The van der Waals surface area contributed by atoms with Crippen molar-refractivity contribution in [1.82, 2.24) is 0 Å². The highest BCUT2D eigenvalue weighted by Gasteiger charge is 2.06. The van der Waals surface area contributed by atoms with Crippen LogP contribution in [-0.4, -0.2) is 0 Å². The number of hydrogen-bond acceptors (Lipinski definition) is 0. The van der Waals surface area contributed by atoms with Crippen molar-refractivity contribution in [3.05, 3.63) is 42.1 Å². The van der Waals surface area contributed by atoms with Crippen molar-refractivity contribution in [3.63, 3.8) is 0 Å². The van der Waals surface area contributed by atoms with Crippen LogP contribution in [0.3, 0.4) is 0 Å². The molecule has 1 heterocycles. The van der Waals surface area contributed by atoms with Gasteiger partial charge in [-0.25, -0.2) is 0 Å². The Balaban J connectivity index is 0.000000980. The van der Waals surface area contributed by atoms with Gasteiger partial charge >= 0.3 is 0 Å². The first-order valence-corrected chi connectivity index (χ1v) is 4.70. The quantitative estimate of drug-likeness (QED) is 0.492. The van der Waals surface area contributed by atoms with Gasteiger partial charge < -0.3 is 24.0 Å². The molecule has 2 rings (SSSR count). The first kappa shape index (κ1) is 11.4. The summed E-state index contributed by atoms with van der Waals surface area (Å²) in [6, 6.07) is 10.7. The summed E-state index contributed by atoms with van der Waals surface area (Å²) in [5.41, 5.74) is 2.67. The van der Waals surface area contributed by atoms with Crippen molar-refractivity contribution in [3.8, 4) is 0 Å². The molecule has 0 saturated heterocycles. The maximum Gasteiger partial charge on any atom is 0.212 e. The zero-order valence-corrected chi connectivity index (χ0v) is 10.7. The highest BCUT2D eigenvalue weighted by Crippen LogP contribution is 2.13. The van der Waals surface area contributed by atoms with Gasteiger partial charge in [0.15, 0.2) is 6.20 Å². The standard InChI is InChI=1S/C12H14N.HI/c1-3-13-9-8-10(2)11-6-4-5-7-12(11)13;/h4-9H,3H2,1-2H3;1H/q+1;/p-1. The van der Waals surface area contributed by atoms with Crippen molar-refractivity contribution in [2.45, 2.75) is 20.4 Å². The molecule has 0 unspecified atom stereocenters. The molecule has 0 aliphatic rings. The fourth-order valence-electron chi connectivity index (χ4n) is 1.71. The summed E-state index contributed by atoms with van der Waals surface area (Å²) in [4.78, 5) is 0. The zero-order chi connectivity index (χ0) is 9.26. The number of hydrogen-bond donors (Lipinski definition) is 0. The topological polar surface area (TPSA) is 3.88 Å². The van der Waals surface area contributed by atoms with E-state index in [0.717, 1.165) is 6.54 Å².